The predicted molar refractivity (Wildman–Crippen MR) is 93.5 cm³/mol. The lowest BCUT2D eigenvalue weighted by Gasteiger charge is -2.33. The van der Waals surface area contributed by atoms with Gasteiger partial charge in [-0.15, -0.1) is 0 Å². The molecule has 5 nitrogen and oxygen atoms in total. The van der Waals surface area contributed by atoms with Crippen molar-refractivity contribution in [3.05, 3.63) is 23.3 Å². The normalized spacial score (nSPS) is 15.9. The van der Waals surface area contributed by atoms with Gasteiger partial charge in [-0.1, -0.05) is 24.0 Å². The van der Waals surface area contributed by atoms with Crippen molar-refractivity contribution in [3.8, 4) is 11.5 Å². The molecule has 1 fully saturated rings. The summed E-state index contributed by atoms with van der Waals surface area (Å²) in [5.74, 6) is 1.06. The fourth-order valence-corrected chi connectivity index (χ4v) is 3.53. The van der Waals surface area contributed by atoms with E-state index in [9.17, 15) is 10.2 Å². The van der Waals surface area contributed by atoms with Gasteiger partial charge in [-0.25, -0.2) is 0 Å². The minimum absolute atomic E-state index is 0.0861. The molecule has 0 amide bonds. The summed E-state index contributed by atoms with van der Waals surface area (Å²) in [6.07, 6.45) is 0. The van der Waals surface area contributed by atoms with E-state index in [0.29, 0.717) is 11.5 Å². The van der Waals surface area contributed by atoms with Gasteiger partial charge in [0.1, 0.15) is 4.32 Å². The maximum absolute atomic E-state index is 10.2. The average molecular weight is 342 g/mol. The van der Waals surface area contributed by atoms with E-state index >= 15 is 0 Å². The lowest BCUT2D eigenvalue weighted by atomic mass is 10.1. The van der Waals surface area contributed by atoms with Crippen molar-refractivity contribution in [2.45, 2.75) is 12.4 Å². The van der Waals surface area contributed by atoms with Gasteiger partial charge in [0.15, 0.2) is 11.5 Å². The van der Waals surface area contributed by atoms with Crippen LogP contribution in [0.4, 0.5) is 0 Å². The molecule has 1 saturated heterocycles. The fourth-order valence-electron chi connectivity index (χ4n) is 2.31. The van der Waals surface area contributed by atoms with Gasteiger partial charge < -0.3 is 24.7 Å². The third-order valence-corrected chi connectivity index (χ3v) is 5.30. The van der Waals surface area contributed by atoms with E-state index in [0.717, 1.165) is 41.6 Å². The van der Waals surface area contributed by atoms with Gasteiger partial charge >= 0.3 is 0 Å². The van der Waals surface area contributed by atoms with Crippen molar-refractivity contribution >= 4 is 28.3 Å². The van der Waals surface area contributed by atoms with Crippen LogP contribution in [0, 0.1) is 0 Å². The number of rotatable bonds is 4. The Morgan fingerprint density at radius 2 is 2.00 bits per heavy atom. The number of phenols is 1. The summed E-state index contributed by atoms with van der Waals surface area (Å²) in [6.45, 7) is 3.82. The smallest absolute Gasteiger partial charge is 0.161 e. The molecule has 0 spiro atoms. The molecule has 22 heavy (non-hydrogen) atoms. The second-order valence-corrected chi connectivity index (χ2v) is 6.92. The number of ether oxygens (including phenoxy) is 1. The minimum atomic E-state index is -0.0861. The molecule has 2 rings (SSSR count). The van der Waals surface area contributed by atoms with Crippen molar-refractivity contribution < 1.29 is 14.9 Å². The Hall–Kier alpha value is -1.02. The first kappa shape index (κ1) is 17.3. The first-order valence-corrected chi connectivity index (χ1v) is 8.54. The topological polar surface area (TPSA) is 56.2 Å². The van der Waals surface area contributed by atoms with Crippen LogP contribution in [0.1, 0.15) is 11.1 Å². The molecule has 0 unspecified atom stereocenters. The number of methoxy groups -OCH3 is 1. The Balaban J connectivity index is 2.00. The van der Waals surface area contributed by atoms with Gasteiger partial charge in [-0.3, -0.25) is 0 Å². The Bertz CT molecular complexity index is 532. The van der Waals surface area contributed by atoms with Crippen LogP contribution in [0.5, 0.6) is 11.5 Å². The van der Waals surface area contributed by atoms with Crippen LogP contribution in [0.2, 0.25) is 0 Å². The van der Waals surface area contributed by atoms with Crippen LogP contribution in [-0.2, 0) is 12.4 Å². The van der Waals surface area contributed by atoms with Gasteiger partial charge in [0.05, 0.1) is 13.7 Å². The second-order valence-electron chi connectivity index (χ2n) is 5.31. The van der Waals surface area contributed by atoms with E-state index in [-0.39, 0.29) is 12.4 Å². The van der Waals surface area contributed by atoms with Crippen LogP contribution >= 0.6 is 24.0 Å². The number of piperazine rings is 1. The largest absolute Gasteiger partial charge is 0.504 e. The number of aliphatic hydroxyl groups is 1. The van der Waals surface area contributed by atoms with Crippen molar-refractivity contribution in [2.75, 3.05) is 40.3 Å². The number of thioether (sulfide) groups is 1. The molecule has 0 aromatic heterocycles. The molecule has 1 aromatic carbocycles. The third kappa shape index (κ3) is 4.25. The van der Waals surface area contributed by atoms with E-state index in [1.165, 1.54) is 18.9 Å². The fraction of sp³-hybridized carbons (Fsp3) is 0.533. The highest BCUT2D eigenvalue weighted by Crippen LogP contribution is 2.34. The van der Waals surface area contributed by atoms with Crippen LogP contribution in [-0.4, -0.2) is 64.7 Å². The highest BCUT2D eigenvalue weighted by molar-refractivity contribution is 8.22. The first-order valence-electron chi connectivity index (χ1n) is 7.15. The van der Waals surface area contributed by atoms with Crippen molar-refractivity contribution in [3.63, 3.8) is 0 Å². The number of aliphatic hydroxyl groups excluding tert-OH is 1. The molecule has 2 N–H and O–H groups in total. The molecule has 1 aromatic rings. The quantitative estimate of drug-likeness (QED) is 0.807. The summed E-state index contributed by atoms with van der Waals surface area (Å²) in [4.78, 5) is 4.48. The molecular formula is C15H22N2O3S2. The van der Waals surface area contributed by atoms with Crippen molar-refractivity contribution in [2.24, 2.45) is 0 Å². The zero-order chi connectivity index (χ0) is 16.1. The lowest BCUT2D eigenvalue weighted by Crippen LogP contribution is -2.45. The second kappa shape index (κ2) is 8.01. The number of aromatic hydroxyl groups is 1. The Morgan fingerprint density at radius 1 is 1.32 bits per heavy atom. The zero-order valence-corrected chi connectivity index (χ0v) is 14.5. The number of phenolic OH excluding ortho intramolecular Hbond substituents is 1. The standard InChI is InChI=1S/C15H22N2O3S2/c1-16-3-5-17(6-4-16)15(21)22-10-12-7-11(9-18)8-13(20-2)14(12)19/h7-8,18-19H,3-6,9-10H2,1-2H3. The monoisotopic (exact) mass is 342 g/mol. The summed E-state index contributed by atoms with van der Waals surface area (Å²) >= 11 is 7.02. The highest BCUT2D eigenvalue weighted by Gasteiger charge is 2.18. The summed E-state index contributed by atoms with van der Waals surface area (Å²) in [6, 6.07) is 3.43. The molecule has 122 valence electrons. The highest BCUT2D eigenvalue weighted by atomic mass is 32.2. The van der Waals surface area contributed by atoms with Crippen LogP contribution < -0.4 is 4.74 Å². The first-order chi connectivity index (χ1) is 10.5. The predicted octanol–water partition coefficient (Wildman–Crippen LogP) is 1.66. The van der Waals surface area contributed by atoms with Gasteiger partial charge in [-0.05, 0) is 24.7 Å². The molecule has 0 bridgehead atoms. The summed E-state index contributed by atoms with van der Waals surface area (Å²) in [7, 11) is 3.61. The van der Waals surface area contributed by atoms with Gasteiger partial charge in [-0.2, -0.15) is 0 Å². The van der Waals surface area contributed by atoms with Crippen LogP contribution in [0.25, 0.3) is 0 Å². The van der Waals surface area contributed by atoms with E-state index in [1.807, 2.05) is 0 Å². The molecule has 0 aliphatic carbocycles. The van der Waals surface area contributed by atoms with E-state index in [4.69, 9.17) is 17.0 Å². The van der Waals surface area contributed by atoms with E-state index < -0.39 is 0 Å². The Morgan fingerprint density at radius 3 is 2.59 bits per heavy atom. The number of benzene rings is 1. The van der Waals surface area contributed by atoms with E-state index in [2.05, 4.69) is 16.8 Å². The van der Waals surface area contributed by atoms with Crippen LogP contribution in [0.15, 0.2) is 12.1 Å². The molecule has 0 radical (unpaired) electrons. The minimum Gasteiger partial charge on any atom is -0.504 e. The summed E-state index contributed by atoms with van der Waals surface area (Å²) in [5.41, 5.74) is 1.45. The molecule has 1 heterocycles. The SMILES string of the molecule is COc1cc(CO)cc(CSC(=S)N2CCN(C)CC2)c1O. The molecule has 0 atom stereocenters. The Labute approximate surface area is 140 Å². The van der Waals surface area contributed by atoms with Crippen molar-refractivity contribution in [1.29, 1.82) is 0 Å². The molecule has 1 aliphatic heterocycles. The van der Waals surface area contributed by atoms with Gasteiger partial charge in [0.2, 0.25) is 0 Å². The lowest BCUT2D eigenvalue weighted by molar-refractivity contribution is 0.220. The zero-order valence-electron chi connectivity index (χ0n) is 12.9. The molecule has 7 heteroatoms. The number of hydrogen-bond acceptors (Lipinski definition) is 6. The van der Waals surface area contributed by atoms with Crippen molar-refractivity contribution in [1.82, 2.24) is 9.80 Å². The summed E-state index contributed by atoms with van der Waals surface area (Å²) in [5, 5.41) is 19.5. The third-order valence-electron chi connectivity index (χ3n) is 3.73. The number of likely N-dealkylation sites (N-methyl/N-ethyl adjacent to an activating group) is 1. The maximum atomic E-state index is 10.2. The maximum Gasteiger partial charge on any atom is 0.161 e. The summed E-state index contributed by atoms with van der Waals surface area (Å²) < 4.78 is 5.99. The van der Waals surface area contributed by atoms with Gasteiger partial charge in [0, 0.05) is 37.5 Å². The number of hydrogen-bond donors (Lipinski definition) is 2. The molecule has 1 aliphatic rings. The van der Waals surface area contributed by atoms with Crippen LogP contribution in [0.3, 0.4) is 0 Å². The average Bonchev–Trinajstić information content (AvgIpc) is 2.54. The van der Waals surface area contributed by atoms with Gasteiger partial charge in [0.25, 0.3) is 0 Å². The molecule has 0 saturated carbocycles. The number of nitrogens with zero attached hydrogens (tertiary/aromatic N) is 2. The molecular weight excluding hydrogens is 320 g/mol. The number of thiocarbonyl (C=S) groups is 1. The van der Waals surface area contributed by atoms with E-state index in [1.54, 1.807) is 12.1 Å². The Kier molecular flexibility index (Phi) is 6.31.